The molecule has 2 atom stereocenters. The summed E-state index contributed by atoms with van der Waals surface area (Å²) in [4.78, 5) is 13.8. The summed E-state index contributed by atoms with van der Waals surface area (Å²) >= 11 is 0. The molecule has 1 amide bonds. The van der Waals surface area contributed by atoms with Crippen molar-refractivity contribution in [3.63, 3.8) is 0 Å². The Morgan fingerprint density at radius 2 is 2.50 bits per heavy atom. The summed E-state index contributed by atoms with van der Waals surface area (Å²) in [6, 6.07) is 0.160. The summed E-state index contributed by atoms with van der Waals surface area (Å²) in [5.74, 6) is 2.80. The average Bonchev–Trinajstić information content (AvgIpc) is 2.18. The van der Waals surface area contributed by atoms with Gasteiger partial charge in [0.15, 0.2) is 0 Å². The van der Waals surface area contributed by atoms with Crippen LogP contribution >= 0.6 is 0 Å². The van der Waals surface area contributed by atoms with Gasteiger partial charge in [0.05, 0.1) is 6.04 Å². The number of piperidine rings is 1. The van der Waals surface area contributed by atoms with Crippen LogP contribution in [0.2, 0.25) is 0 Å². The molecule has 1 heterocycles. The fraction of sp³-hybridized carbons (Fsp3) is 0.727. The summed E-state index contributed by atoms with van der Waals surface area (Å²) in [7, 11) is 1.83. The van der Waals surface area contributed by atoms with E-state index in [1.165, 1.54) is 0 Å². The van der Waals surface area contributed by atoms with Gasteiger partial charge in [-0.1, -0.05) is 0 Å². The summed E-state index contributed by atoms with van der Waals surface area (Å²) < 4.78 is 0. The zero-order chi connectivity index (χ0) is 10.6. The van der Waals surface area contributed by atoms with E-state index in [4.69, 9.17) is 6.42 Å². The highest BCUT2D eigenvalue weighted by atomic mass is 16.2. The first-order valence-electron chi connectivity index (χ1n) is 5.12. The number of carbonyl (C=O) groups excluding carboxylic acids is 1. The average molecular weight is 194 g/mol. The van der Waals surface area contributed by atoms with Crippen LogP contribution in [-0.4, -0.2) is 36.5 Å². The quantitative estimate of drug-likeness (QED) is 0.668. The van der Waals surface area contributed by atoms with Gasteiger partial charge in [-0.25, -0.2) is 0 Å². The standard InChI is InChI=1S/C11H18N2O/c1-4-6-9(2)13-8-5-7-10(12-3)11(13)14/h1,9-10,12H,5-8H2,2-3H3. The highest BCUT2D eigenvalue weighted by Gasteiger charge is 2.29. The van der Waals surface area contributed by atoms with Crippen LogP contribution in [0.4, 0.5) is 0 Å². The van der Waals surface area contributed by atoms with E-state index in [1.807, 2.05) is 18.9 Å². The van der Waals surface area contributed by atoms with Crippen molar-refractivity contribution < 1.29 is 4.79 Å². The summed E-state index contributed by atoms with van der Waals surface area (Å²) in [6.45, 7) is 2.86. The minimum atomic E-state index is -0.0102. The molecule has 14 heavy (non-hydrogen) atoms. The third-order valence-corrected chi connectivity index (χ3v) is 2.77. The number of nitrogens with zero attached hydrogens (tertiary/aromatic N) is 1. The Balaban J connectivity index is 2.60. The number of rotatable bonds is 3. The molecule has 0 saturated carbocycles. The molecule has 0 spiro atoms. The number of likely N-dealkylation sites (tertiary alicyclic amines) is 1. The fourth-order valence-electron chi connectivity index (χ4n) is 1.89. The Morgan fingerprint density at radius 1 is 1.79 bits per heavy atom. The SMILES string of the molecule is C#CCC(C)N1CCCC(NC)C1=O. The Hall–Kier alpha value is -1.01. The Labute approximate surface area is 85.9 Å². The zero-order valence-corrected chi connectivity index (χ0v) is 8.92. The molecule has 1 aliphatic rings. The number of likely N-dealkylation sites (N-methyl/N-ethyl adjacent to an activating group) is 1. The molecular formula is C11H18N2O. The van der Waals surface area contributed by atoms with Gasteiger partial charge in [-0.3, -0.25) is 4.79 Å². The Bertz CT molecular complexity index is 244. The first-order valence-corrected chi connectivity index (χ1v) is 5.12. The first kappa shape index (κ1) is 11.1. The van der Waals surface area contributed by atoms with Crippen molar-refractivity contribution in [1.82, 2.24) is 10.2 Å². The van der Waals surface area contributed by atoms with E-state index in [0.717, 1.165) is 19.4 Å². The monoisotopic (exact) mass is 194 g/mol. The predicted octanol–water partition coefficient (Wildman–Crippen LogP) is 0.609. The second-order valence-electron chi connectivity index (χ2n) is 3.77. The third kappa shape index (κ3) is 2.27. The van der Waals surface area contributed by atoms with Crippen LogP contribution in [0.5, 0.6) is 0 Å². The van der Waals surface area contributed by atoms with Gasteiger partial charge < -0.3 is 10.2 Å². The van der Waals surface area contributed by atoms with Gasteiger partial charge in [0, 0.05) is 19.0 Å². The van der Waals surface area contributed by atoms with Crippen LogP contribution in [-0.2, 0) is 4.79 Å². The predicted molar refractivity (Wildman–Crippen MR) is 56.7 cm³/mol. The molecule has 0 aromatic heterocycles. The van der Waals surface area contributed by atoms with Crippen molar-refractivity contribution in [2.75, 3.05) is 13.6 Å². The van der Waals surface area contributed by atoms with Crippen molar-refractivity contribution >= 4 is 5.91 Å². The number of terminal acetylenes is 1. The highest BCUT2D eigenvalue weighted by molar-refractivity contribution is 5.82. The second-order valence-corrected chi connectivity index (χ2v) is 3.77. The summed E-state index contributed by atoms with van der Waals surface area (Å²) in [5.41, 5.74) is 0. The molecule has 2 unspecified atom stereocenters. The summed E-state index contributed by atoms with van der Waals surface area (Å²) in [6.07, 6.45) is 7.89. The lowest BCUT2D eigenvalue weighted by Gasteiger charge is -2.35. The maximum atomic E-state index is 11.9. The van der Waals surface area contributed by atoms with Crippen molar-refractivity contribution in [1.29, 1.82) is 0 Å². The smallest absolute Gasteiger partial charge is 0.239 e. The van der Waals surface area contributed by atoms with Gasteiger partial charge in [0.1, 0.15) is 0 Å². The lowest BCUT2D eigenvalue weighted by Crippen LogP contribution is -2.52. The number of hydrogen-bond acceptors (Lipinski definition) is 2. The van der Waals surface area contributed by atoms with Crippen LogP contribution in [0.25, 0.3) is 0 Å². The normalized spacial score (nSPS) is 24.5. The highest BCUT2D eigenvalue weighted by Crippen LogP contribution is 2.15. The van der Waals surface area contributed by atoms with Crippen LogP contribution < -0.4 is 5.32 Å². The molecule has 0 aromatic carbocycles. The molecule has 0 radical (unpaired) electrons. The molecule has 78 valence electrons. The molecule has 3 heteroatoms. The van der Waals surface area contributed by atoms with E-state index in [9.17, 15) is 4.79 Å². The van der Waals surface area contributed by atoms with Crippen LogP contribution in [0, 0.1) is 12.3 Å². The minimum absolute atomic E-state index is 0.0102. The Morgan fingerprint density at radius 3 is 3.07 bits per heavy atom. The molecule has 0 bridgehead atoms. The third-order valence-electron chi connectivity index (χ3n) is 2.77. The van der Waals surface area contributed by atoms with Gasteiger partial charge in [-0.15, -0.1) is 12.3 Å². The molecular weight excluding hydrogens is 176 g/mol. The molecule has 3 nitrogen and oxygen atoms in total. The molecule has 1 N–H and O–H groups in total. The van der Waals surface area contributed by atoms with Gasteiger partial charge in [-0.2, -0.15) is 0 Å². The number of hydrogen-bond donors (Lipinski definition) is 1. The maximum absolute atomic E-state index is 11.9. The van der Waals surface area contributed by atoms with E-state index in [-0.39, 0.29) is 18.0 Å². The largest absolute Gasteiger partial charge is 0.338 e. The molecule has 0 aliphatic carbocycles. The first-order chi connectivity index (χ1) is 6.70. The lowest BCUT2D eigenvalue weighted by atomic mass is 10.0. The second kappa shape index (κ2) is 5.02. The fourth-order valence-corrected chi connectivity index (χ4v) is 1.89. The van der Waals surface area contributed by atoms with E-state index >= 15 is 0 Å². The van der Waals surface area contributed by atoms with E-state index in [0.29, 0.717) is 6.42 Å². The van der Waals surface area contributed by atoms with Crippen molar-refractivity contribution in [3.05, 3.63) is 0 Å². The minimum Gasteiger partial charge on any atom is -0.338 e. The number of nitrogens with one attached hydrogen (secondary N) is 1. The summed E-state index contributed by atoms with van der Waals surface area (Å²) in [5, 5.41) is 3.04. The van der Waals surface area contributed by atoms with E-state index in [2.05, 4.69) is 11.2 Å². The van der Waals surface area contributed by atoms with Gasteiger partial charge in [-0.05, 0) is 26.8 Å². The molecule has 0 aromatic rings. The van der Waals surface area contributed by atoms with Crippen LogP contribution in [0.3, 0.4) is 0 Å². The molecule has 1 saturated heterocycles. The molecule has 1 fully saturated rings. The van der Waals surface area contributed by atoms with Gasteiger partial charge in [0.25, 0.3) is 0 Å². The molecule has 1 aliphatic heterocycles. The van der Waals surface area contributed by atoms with E-state index < -0.39 is 0 Å². The lowest BCUT2D eigenvalue weighted by molar-refractivity contribution is -0.137. The van der Waals surface area contributed by atoms with Gasteiger partial charge >= 0.3 is 0 Å². The van der Waals surface area contributed by atoms with Gasteiger partial charge in [0.2, 0.25) is 5.91 Å². The van der Waals surface area contributed by atoms with Crippen molar-refractivity contribution in [2.45, 2.75) is 38.3 Å². The number of amides is 1. The zero-order valence-electron chi connectivity index (χ0n) is 8.92. The van der Waals surface area contributed by atoms with Crippen LogP contribution in [0.1, 0.15) is 26.2 Å². The topological polar surface area (TPSA) is 32.3 Å². The molecule has 1 rings (SSSR count). The Kier molecular flexibility index (Phi) is 3.97. The van der Waals surface area contributed by atoms with Crippen molar-refractivity contribution in [3.8, 4) is 12.3 Å². The van der Waals surface area contributed by atoms with E-state index in [1.54, 1.807) is 0 Å². The van der Waals surface area contributed by atoms with Crippen LogP contribution in [0.15, 0.2) is 0 Å². The maximum Gasteiger partial charge on any atom is 0.239 e. The number of carbonyl (C=O) groups is 1. The van der Waals surface area contributed by atoms with Crippen molar-refractivity contribution in [2.24, 2.45) is 0 Å².